The lowest BCUT2D eigenvalue weighted by Gasteiger charge is -2.12. The minimum atomic E-state index is 0.299. The zero-order valence-corrected chi connectivity index (χ0v) is 15.4. The molecule has 0 saturated heterocycles. The first-order valence-corrected chi connectivity index (χ1v) is 8.70. The highest BCUT2D eigenvalue weighted by Gasteiger charge is 1.99. The lowest BCUT2D eigenvalue weighted by atomic mass is 10.1. The molecular weight excluding hydrogens is 330 g/mol. The fourth-order valence-corrected chi connectivity index (χ4v) is 2.39. The molecule has 0 aliphatic carbocycles. The molecule has 0 unspecified atom stereocenters. The molecule has 0 amide bonds. The predicted octanol–water partition coefficient (Wildman–Crippen LogP) is 2.58. The number of hydrogen-bond donors (Lipinski definition) is 3. The Balaban J connectivity index is 1.59. The van der Waals surface area contributed by atoms with Crippen LogP contribution in [0.2, 0.25) is 0 Å². The number of methoxy groups -OCH3 is 1. The number of aliphatic imine (C=N–C) groups is 1. The summed E-state index contributed by atoms with van der Waals surface area (Å²) in [5.74, 6) is 2.68. The molecule has 2 rings (SSSR count). The maximum Gasteiger partial charge on any atom is 0.191 e. The third-order valence-electron chi connectivity index (χ3n) is 3.82. The van der Waals surface area contributed by atoms with Crippen molar-refractivity contribution < 1.29 is 14.6 Å². The average Bonchev–Trinajstić information content (AvgIpc) is 2.68. The number of guanidine groups is 1. The highest BCUT2D eigenvalue weighted by atomic mass is 16.5. The molecule has 0 saturated carbocycles. The Morgan fingerprint density at radius 3 is 2.27 bits per heavy atom. The van der Waals surface area contributed by atoms with Gasteiger partial charge in [0.2, 0.25) is 0 Å². The van der Waals surface area contributed by atoms with Crippen molar-refractivity contribution in [1.29, 1.82) is 0 Å². The summed E-state index contributed by atoms with van der Waals surface area (Å²) in [5, 5.41) is 15.8. The summed E-state index contributed by atoms with van der Waals surface area (Å²) in [6.07, 6.45) is 1.93. The van der Waals surface area contributed by atoms with E-state index in [0.717, 1.165) is 36.8 Å². The average molecular weight is 357 g/mol. The molecule has 0 fully saturated rings. The third kappa shape index (κ3) is 6.93. The SMILES string of the molecule is CN=C(NCCCc1ccc(O)cc1)NCCOc1ccc(OC)cc1. The van der Waals surface area contributed by atoms with Crippen LogP contribution in [0.3, 0.4) is 0 Å². The molecule has 0 heterocycles. The highest BCUT2D eigenvalue weighted by molar-refractivity contribution is 5.79. The van der Waals surface area contributed by atoms with Crippen molar-refractivity contribution in [2.45, 2.75) is 12.8 Å². The lowest BCUT2D eigenvalue weighted by Crippen LogP contribution is -2.39. The molecule has 140 valence electrons. The second kappa shape index (κ2) is 10.9. The number of rotatable bonds is 9. The molecule has 0 atom stereocenters. The van der Waals surface area contributed by atoms with E-state index in [9.17, 15) is 5.11 Å². The topological polar surface area (TPSA) is 75.1 Å². The molecule has 6 heteroatoms. The molecule has 0 radical (unpaired) electrons. The van der Waals surface area contributed by atoms with Crippen molar-refractivity contribution in [2.24, 2.45) is 4.99 Å². The zero-order chi connectivity index (χ0) is 18.6. The van der Waals surface area contributed by atoms with Crippen LogP contribution >= 0.6 is 0 Å². The molecule has 0 aliphatic heterocycles. The normalized spacial score (nSPS) is 11.1. The number of benzene rings is 2. The van der Waals surface area contributed by atoms with Crippen LogP contribution in [0.1, 0.15) is 12.0 Å². The van der Waals surface area contributed by atoms with Crippen molar-refractivity contribution in [1.82, 2.24) is 10.6 Å². The molecule has 0 spiro atoms. The minimum absolute atomic E-state index is 0.299. The van der Waals surface area contributed by atoms with Crippen LogP contribution in [0, 0.1) is 0 Å². The number of phenols is 1. The summed E-state index contributed by atoms with van der Waals surface area (Å²) >= 11 is 0. The van der Waals surface area contributed by atoms with Gasteiger partial charge in [0.05, 0.1) is 13.7 Å². The first-order valence-electron chi connectivity index (χ1n) is 8.70. The summed E-state index contributed by atoms with van der Waals surface area (Å²) in [7, 11) is 3.39. The van der Waals surface area contributed by atoms with Gasteiger partial charge in [0.15, 0.2) is 5.96 Å². The van der Waals surface area contributed by atoms with Crippen molar-refractivity contribution in [3.8, 4) is 17.2 Å². The molecule has 0 bridgehead atoms. The van der Waals surface area contributed by atoms with Crippen molar-refractivity contribution in [3.05, 3.63) is 54.1 Å². The van der Waals surface area contributed by atoms with E-state index >= 15 is 0 Å². The molecule has 2 aromatic carbocycles. The van der Waals surface area contributed by atoms with E-state index in [-0.39, 0.29) is 0 Å². The molecule has 0 aromatic heterocycles. The zero-order valence-electron chi connectivity index (χ0n) is 15.4. The van der Waals surface area contributed by atoms with Crippen LogP contribution in [0.15, 0.2) is 53.5 Å². The van der Waals surface area contributed by atoms with Gasteiger partial charge in [0.25, 0.3) is 0 Å². The van der Waals surface area contributed by atoms with E-state index in [1.54, 1.807) is 26.3 Å². The smallest absolute Gasteiger partial charge is 0.191 e. The van der Waals surface area contributed by atoms with Crippen LogP contribution in [0.4, 0.5) is 0 Å². The summed E-state index contributed by atoms with van der Waals surface area (Å²) in [6.45, 7) is 2.02. The number of nitrogens with one attached hydrogen (secondary N) is 2. The second-order valence-corrected chi connectivity index (χ2v) is 5.72. The summed E-state index contributed by atoms with van der Waals surface area (Å²) < 4.78 is 10.8. The number of hydrogen-bond acceptors (Lipinski definition) is 4. The standard InChI is InChI=1S/C20H27N3O3/c1-21-20(22-13-3-4-16-5-7-17(24)8-6-16)23-14-15-26-19-11-9-18(25-2)10-12-19/h5-12,24H,3-4,13-15H2,1-2H3,(H2,21,22,23). The predicted molar refractivity (Wildman–Crippen MR) is 104 cm³/mol. The maximum absolute atomic E-state index is 9.28. The molecule has 2 aromatic rings. The van der Waals surface area contributed by atoms with Crippen LogP contribution in [0.25, 0.3) is 0 Å². The van der Waals surface area contributed by atoms with Crippen LogP contribution in [-0.2, 0) is 6.42 Å². The number of aryl methyl sites for hydroxylation is 1. The van der Waals surface area contributed by atoms with Gasteiger partial charge in [-0.15, -0.1) is 0 Å². The summed E-state index contributed by atoms with van der Waals surface area (Å²) in [4.78, 5) is 4.20. The van der Waals surface area contributed by atoms with Crippen molar-refractivity contribution in [2.75, 3.05) is 33.9 Å². The van der Waals surface area contributed by atoms with Gasteiger partial charge >= 0.3 is 0 Å². The first-order chi connectivity index (χ1) is 12.7. The fraction of sp³-hybridized carbons (Fsp3) is 0.350. The van der Waals surface area contributed by atoms with E-state index < -0.39 is 0 Å². The molecule has 3 N–H and O–H groups in total. The van der Waals surface area contributed by atoms with Crippen molar-refractivity contribution in [3.63, 3.8) is 0 Å². The van der Waals surface area contributed by atoms with Gasteiger partial charge in [-0.2, -0.15) is 0 Å². The van der Waals surface area contributed by atoms with Crippen LogP contribution in [-0.4, -0.2) is 44.9 Å². The Morgan fingerprint density at radius 1 is 0.962 bits per heavy atom. The Labute approximate surface area is 154 Å². The van der Waals surface area contributed by atoms with E-state index in [0.29, 0.717) is 18.9 Å². The van der Waals surface area contributed by atoms with Crippen LogP contribution < -0.4 is 20.1 Å². The quantitative estimate of drug-likeness (QED) is 0.365. The molecule has 0 aliphatic rings. The molecule has 6 nitrogen and oxygen atoms in total. The Hall–Kier alpha value is -2.89. The first kappa shape index (κ1) is 19.4. The number of nitrogens with zero attached hydrogens (tertiary/aromatic N) is 1. The van der Waals surface area contributed by atoms with Gasteiger partial charge < -0.3 is 25.2 Å². The van der Waals surface area contributed by atoms with Crippen molar-refractivity contribution >= 4 is 5.96 Å². The Bertz CT molecular complexity index is 670. The van der Waals surface area contributed by atoms with E-state index in [1.165, 1.54) is 5.56 Å². The van der Waals surface area contributed by atoms with E-state index in [4.69, 9.17) is 9.47 Å². The lowest BCUT2D eigenvalue weighted by molar-refractivity contribution is 0.321. The van der Waals surface area contributed by atoms with E-state index in [2.05, 4.69) is 15.6 Å². The monoisotopic (exact) mass is 357 g/mol. The summed E-state index contributed by atoms with van der Waals surface area (Å²) in [5.41, 5.74) is 1.21. The summed E-state index contributed by atoms with van der Waals surface area (Å²) in [6, 6.07) is 14.8. The van der Waals surface area contributed by atoms with Gasteiger partial charge in [0, 0.05) is 13.6 Å². The Morgan fingerprint density at radius 2 is 1.62 bits per heavy atom. The molecule has 26 heavy (non-hydrogen) atoms. The van der Waals surface area contributed by atoms with Gasteiger partial charge in [-0.3, -0.25) is 4.99 Å². The van der Waals surface area contributed by atoms with E-state index in [1.807, 2.05) is 36.4 Å². The van der Waals surface area contributed by atoms with Gasteiger partial charge in [-0.05, 0) is 54.8 Å². The number of aromatic hydroxyl groups is 1. The molecular formula is C20H27N3O3. The highest BCUT2D eigenvalue weighted by Crippen LogP contribution is 2.16. The van der Waals surface area contributed by atoms with Crippen LogP contribution in [0.5, 0.6) is 17.2 Å². The largest absolute Gasteiger partial charge is 0.508 e. The van der Waals surface area contributed by atoms with Gasteiger partial charge in [0.1, 0.15) is 23.9 Å². The second-order valence-electron chi connectivity index (χ2n) is 5.72. The Kier molecular flexibility index (Phi) is 8.12. The number of phenolic OH excluding ortho intramolecular Hbond substituents is 1. The van der Waals surface area contributed by atoms with Gasteiger partial charge in [-0.1, -0.05) is 12.1 Å². The third-order valence-corrected chi connectivity index (χ3v) is 3.82. The maximum atomic E-state index is 9.28. The minimum Gasteiger partial charge on any atom is -0.508 e. The fourth-order valence-electron chi connectivity index (χ4n) is 2.39. The van der Waals surface area contributed by atoms with Gasteiger partial charge in [-0.25, -0.2) is 0 Å². The number of ether oxygens (including phenoxy) is 2.